The highest BCUT2D eigenvalue weighted by atomic mass is 79.9. The maximum absolute atomic E-state index is 14.7. The summed E-state index contributed by atoms with van der Waals surface area (Å²) >= 11 is 3.47. The highest BCUT2D eigenvalue weighted by Crippen LogP contribution is 2.34. The highest BCUT2D eigenvalue weighted by Gasteiger charge is 2.36. The van der Waals surface area contributed by atoms with Crippen molar-refractivity contribution in [2.24, 2.45) is 0 Å². The van der Waals surface area contributed by atoms with E-state index in [1.54, 1.807) is 24.3 Å². The van der Waals surface area contributed by atoms with Crippen LogP contribution in [0, 0.1) is 13.8 Å². The van der Waals surface area contributed by atoms with Crippen molar-refractivity contribution in [2.45, 2.75) is 64.1 Å². The van der Waals surface area contributed by atoms with E-state index in [4.69, 9.17) is 4.74 Å². The van der Waals surface area contributed by atoms with Crippen LogP contribution in [-0.4, -0.2) is 50.4 Å². The van der Waals surface area contributed by atoms with Crippen LogP contribution in [0.1, 0.15) is 43.0 Å². The van der Waals surface area contributed by atoms with Gasteiger partial charge >= 0.3 is 0 Å². The average molecular weight is 721 g/mol. The number of carbonyl (C=O) groups excluding carboxylic acids is 2. The van der Waals surface area contributed by atoms with Gasteiger partial charge in [0.15, 0.2) is 0 Å². The topological polar surface area (TPSA) is 96.0 Å². The molecule has 0 spiro atoms. The van der Waals surface area contributed by atoms with Crippen molar-refractivity contribution < 1.29 is 22.7 Å². The second kappa shape index (κ2) is 15.2. The molecule has 1 N–H and O–H groups in total. The lowest BCUT2D eigenvalue weighted by atomic mass is 10.0. The Bertz CT molecular complexity index is 1790. The lowest BCUT2D eigenvalue weighted by molar-refractivity contribution is -0.140. The summed E-state index contributed by atoms with van der Waals surface area (Å²) in [6.07, 6.45) is 0.226. The SMILES string of the molecule is COc1ccc(C)cc1N(CC(=O)N(Cc1ccc(Br)cc1)[C@H](Cc1ccccc1)C(=O)NC(C)(C)C)S(=O)(=O)c1ccc(C)cc1. The maximum atomic E-state index is 14.7. The van der Waals surface area contributed by atoms with Gasteiger partial charge in [0.2, 0.25) is 11.8 Å². The van der Waals surface area contributed by atoms with Crippen LogP contribution in [0.25, 0.3) is 0 Å². The zero-order valence-corrected chi connectivity index (χ0v) is 30.1. The van der Waals surface area contributed by atoms with E-state index in [1.165, 1.54) is 24.1 Å². The number of sulfonamides is 1. The molecule has 2 amide bonds. The van der Waals surface area contributed by atoms with Crippen LogP contribution in [-0.2, 0) is 32.6 Å². The molecule has 1 atom stereocenters. The molecule has 4 aromatic carbocycles. The standard InChI is InChI=1S/C37H42BrN3O5S/c1-26-12-19-31(20-13-26)47(44,45)41(32-22-27(2)14-21-34(32)46-6)25-35(42)40(24-29-15-17-30(38)18-16-29)33(36(43)39-37(3,4)5)23-28-10-8-7-9-11-28/h7-22,33H,23-25H2,1-6H3,(H,39,43)/t33-/m1/s1. The van der Waals surface area contributed by atoms with Gasteiger partial charge in [-0.25, -0.2) is 8.42 Å². The summed E-state index contributed by atoms with van der Waals surface area (Å²) in [5, 5.41) is 3.05. The minimum atomic E-state index is -4.26. The van der Waals surface area contributed by atoms with Gasteiger partial charge in [-0.3, -0.25) is 13.9 Å². The highest BCUT2D eigenvalue weighted by molar-refractivity contribution is 9.10. The molecular weight excluding hydrogens is 678 g/mol. The summed E-state index contributed by atoms with van der Waals surface area (Å²) in [5.41, 5.74) is 2.98. The number of nitrogens with zero attached hydrogens (tertiary/aromatic N) is 2. The van der Waals surface area contributed by atoms with Gasteiger partial charge in [0, 0.05) is 23.0 Å². The largest absolute Gasteiger partial charge is 0.495 e. The summed E-state index contributed by atoms with van der Waals surface area (Å²) in [6, 6.07) is 27.7. The van der Waals surface area contributed by atoms with Crippen molar-refractivity contribution in [2.75, 3.05) is 18.0 Å². The third-order valence-electron chi connectivity index (χ3n) is 7.53. The van der Waals surface area contributed by atoms with Crippen LogP contribution < -0.4 is 14.4 Å². The van der Waals surface area contributed by atoms with Gasteiger partial charge in [0.1, 0.15) is 18.3 Å². The van der Waals surface area contributed by atoms with Gasteiger partial charge in [-0.2, -0.15) is 0 Å². The minimum Gasteiger partial charge on any atom is -0.495 e. The van der Waals surface area contributed by atoms with E-state index in [9.17, 15) is 18.0 Å². The lowest BCUT2D eigenvalue weighted by Gasteiger charge is -2.35. The molecule has 0 fully saturated rings. The van der Waals surface area contributed by atoms with Crippen LogP contribution >= 0.6 is 15.9 Å². The second-order valence-corrected chi connectivity index (χ2v) is 15.4. The van der Waals surface area contributed by atoms with Crippen molar-refractivity contribution in [3.05, 3.63) is 124 Å². The van der Waals surface area contributed by atoms with E-state index in [0.29, 0.717) is 5.75 Å². The van der Waals surface area contributed by atoms with Crippen molar-refractivity contribution in [1.82, 2.24) is 10.2 Å². The summed E-state index contributed by atoms with van der Waals surface area (Å²) < 4.78 is 36.3. The Morgan fingerprint density at radius 2 is 1.47 bits per heavy atom. The zero-order chi connectivity index (χ0) is 34.4. The second-order valence-electron chi connectivity index (χ2n) is 12.6. The molecule has 248 valence electrons. The van der Waals surface area contributed by atoms with Crippen molar-refractivity contribution >= 4 is 43.5 Å². The molecule has 47 heavy (non-hydrogen) atoms. The molecule has 10 heteroatoms. The van der Waals surface area contributed by atoms with Crippen LogP contribution in [0.2, 0.25) is 0 Å². The number of amides is 2. The van der Waals surface area contributed by atoms with E-state index in [0.717, 1.165) is 31.0 Å². The molecule has 0 aliphatic rings. The monoisotopic (exact) mass is 719 g/mol. The van der Waals surface area contributed by atoms with Gasteiger partial charge in [0.25, 0.3) is 10.0 Å². The Balaban J connectivity index is 1.86. The molecule has 0 bridgehead atoms. The van der Waals surface area contributed by atoms with Gasteiger partial charge < -0.3 is 15.0 Å². The van der Waals surface area contributed by atoms with Crippen molar-refractivity contribution in [3.63, 3.8) is 0 Å². The van der Waals surface area contributed by atoms with Gasteiger partial charge in [0.05, 0.1) is 17.7 Å². The van der Waals surface area contributed by atoms with Gasteiger partial charge in [-0.1, -0.05) is 82.2 Å². The fourth-order valence-corrected chi connectivity index (χ4v) is 6.82. The molecule has 0 aromatic heterocycles. The molecular formula is C37H42BrN3O5S. The number of carbonyl (C=O) groups is 2. The quantitative estimate of drug-likeness (QED) is 0.173. The van der Waals surface area contributed by atoms with Gasteiger partial charge in [-0.05, 0) is 87.7 Å². The number of anilines is 1. The first-order valence-corrected chi connectivity index (χ1v) is 17.5. The number of rotatable bonds is 12. The smallest absolute Gasteiger partial charge is 0.264 e. The molecule has 4 aromatic rings. The van der Waals surface area contributed by atoms with E-state index < -0.39 is 34.1 Å². The summed E-state index contributed by atoms with van der Waals surface area (Å²) in [6.45, 7) is 8.86. The normalized spacial score (nSPS) is 12.2. The van der Waals surface area contributed by atoms with Crippen molar-refractivity contribution in [3.8, 4) is 5.75 Å². The molecule has 4 rings (SSSR count). The number of benzene rings is 4. The molecule has 0 saturated heterocycles. The molecule has 0 aliphatic heterocycles. The lowest BCUT2D eigenvalue weighted by Crippen LogP contribution is -2.56. The molecule has 0 radical (unpaired) electrons. The molecule has 8 nitrogen and oxygen atoms in total. The summed E-state index contributed by atoms with van der Waals surface area (Å²) in [4.78, 5) is 30.3. The Morgan fingerprint density at radius 1 is 0.851 bits per heavy atom. The van der Waals surface area contributed by atoms with E-state index in [1.807, 2.05) is 95.3 Å². The van der Waals surface area contributed by atoms with E-state index >= 15 is 0 Å². The summed E-state index contributed by atoms with van der Waals surface area (Å²) in [5.74, 6) is -0.588. The third kappa shape index (κ3) is 9.45. The number of nitrogens with one attached hydrogen (secondary N) is 1. The third-order valence-corrected chi connectivity index (χ3v) is 9.83. The Morgan fingerprint density at radius 3 is 2.06 bits per heavy atom. The number of aryl methyl sites for hydroxylation is 2. The minimum absolute atomic E-state index is 0.0326. The number of hydrogen-bond donors (Lipinski definition) is 1. The van der Waals surface area contributed by atoms with Crippen LogP contribution in [0.15, 0.2) is 106 Å². The fourth-order valence-electron chi connectivity index (χ4n) is 5.14. The predicted octanol–water partition coefficient (Wildman–Crippen LogP) is 6.82. The number of methoxy groups -OCH3 is 1. The maximum Gasteiger partial charge on any atom is 0.264 e. The molecule has 0 aliphatic carbocycles. The first-order valence-electron chi connectivity index (χ1n) is 15.3. The fraction of sp³-hybridized carbons (Fsp3) is 0.297. The van der Waals surface area contributed by atoms with Crippen molar-refractivity contribution in [1.29, 1.82) is 0 Å². The summed E-state index contributed by atoms with van der Waals surface area (Å²) in [7, 11) is -2.80. The average Bonchev–Trinajstić information content (AvgIpc) is 3.02. The molecule has 0 unspecified atom stereocenters. The Kier molecular flexibility index (Phi) is 11.5. The van der Waals surface area contributed by atoms with Crippen LogP contribution in [0.3, 0.4) is 0 Å². The predicted molar refractivity (Wildman–Crippen MR) is 190 cm³/mol. The first kappa shape index (κ1) is 35.7. The molecule has 0 saturated carbocycles. The van der Waals surface area contributed by atoms with Crippen LogP contribution in [0.5, 0.6) is 5.75 Å². The number of ether oxygens (including phenoxy) is 1. The molecule has 0 heterocycles. The first-order chi connectivity index (χ1) is 22.2. The zero-order valence-electron chi connectivity index (χ0n) is 27.7. The van der Waals surface area contributed by atoms with E-state index in [2.05, 4.69) is 21.2 Å². The Labute approximate surface area is 286 Å². The van der Waals surface area contributed by atoms with E-state index in [-0.39, 0.29) is 29.5 Å². The van der Waals surface area contributed by atoms with Gasteiger partial charge in [-0.15, -0.1) is 0 Å². The number of halogens is 1. The number of hydrogen-bond acceptors (Lipinski definition) is 5. The Hall–Kier alpha value is -4.15. The van der Waals surface area contributed by atoms with Crippen LogP contribution in [0.4, 0.5) is 5.69 Å².